The van der Waals surface area contributed by atoms with Gasteiger partial charge >= 0.3 is 9.76 Å². The smallest absolute Gasteiger partial charge is 0.318 e. The van der Waals surface area contributed by atoms with Crippen LogP contribution in [-0.4, -0.2) is 31.1 Å². The Morgan fingerprint density at radius 1 is 0.968 bits per heavy atom. The van der Waals surface area contributed by atoms with Gasteiger partial charge in [0.2, 0.25) is 9.76 Å². The lowest BCUT2D eigenvalue weighted by Crippen LogP contribution is -2.30. The molecule has 180 valence electrons. The molecule has 1 fully saturated rings. The highest BCUT2D eigenvalue weighted by molar-refractivity contribution is 6.33. The van der Waals surface area contributed by atoms with Crippen LogP contribution in [0, 0.1) is 11.3 Å². The molecule has 31 heavy (non-hydrogen) atoms. The Morgan fingerprint density at radius 2 is 1.52 bits per heavy atom. The zero-order valence-electron chi connectivity index (χ0n) is 21.5. The molecule has 0 saturated heterocycles. The summed E-state index contributed by atoms with van der Waals surface area (Å²) in [6.45, 7) is 12.7. The third-order valence-corrected chi connectivity index (χ3v) is 9.43. The Kier molecular flexibility index (Phi) is 14.6. The summed E-state index contributed by atoms with van der Waals surface area (Å²) in [6, 6.07) is 0.768. The number of hydrogen-bond acceptors (Lipinski definition) is 3. The summed E-state index contributed by atoms with van der Waals surface area (Å²) in [5.41, 5.74) is 1.03. The molecular weight excluding hydrogens is 416 g/mol. The van der Waals surface area contributed by atoms with Crippen molar-refractivity contribution in [3.05, 3.63) is 0 Å². The highest BCUT2D eigenvalue weighted by Crippen LogP contribution is 2.48. The van der Waals surface area contributed by atoms with Gasteiger partial charge < -0.3 is 8.85 Å². The average molecular weight is 467 g/mol. The van der Waals surface area contributed by atoms with E-state index >= 15 is 0 Å². The molecule has 3 nitrogen and oxygen atoms in total. The maximum absolute atomic E-state index is 12.4. The first-order valence-electron chi connectivity index (χ1n) is 13.1. The van der Waals surface area contributed by atoms with Crippen molar-refractivity contribution in [3.63, 3.8) is 0 Å². The number of carbonyl (C=O) groups excluding carboxylic acids is 1. The van der Waals surface area contributed by atoms with E-state index in [1.807, 2.05) is 6.92 Å². The van der Waals surface area contributed by atoms with Crippen LogP contribution in [0.15, 0.2) is 0 Å². The third-order valence-electron chi connectivity index (χ3n) is 6.66. The van der Waals surface area contributed by atoms with E-state index < -0.39 is 0 Å². The minimum Gasteiger partial charge on any atom is -0.516 e. The second-order valence-electron chi connectivity index (χ2n) is 10.9. The molecule has 1 atom stereocenters. The largest absolute Gasteiger partial charge is 0.516 e. The molecule has 0 aromatic rings. The highest BCUT2D eigenvalue weighted by atomic mass is 28.2. The number of carbonyl (C=O) groups is 1. The Labute approximate surface area is 199 Å². The van der Waals surface area contributed by atoms with E-state index in [1.165, 1.54) is 89.9 Å². The summed E-state index contributed by atoms with van der Waals surface area (Å²) < 4.78 is 11.5. The number of unbranched alkanes of at least 4 members (excludes halogenated alkanes) is 6. The number of hydrogen-bond donors (Lipinski definition) is 0. The fourth-order valence-electron chi connectivity index (χ4n) is 4.54. The zero-order chi connectivity index (χ0) is 23.2. The van der Waals surface area contributed by atoms with Gasteiger partial charge in [0.05, 0.1) is 5.92 Å². The molecule has 0 aromatic heterocycles. The molecule has 0 N–H and O–H groups in total. The van der Waals surface area contributed by atoms with Crippen LogP contribution < -0.4 is 0 Å². The average Bonchev–Trinajstić information content (AvgIpc) is 2.73. The number of rotatable bonds is 16. The van der Waals surface area contributed by atoms with Gasteiger partial charge in [-0.1, -0.05) is 72.1 Å². The van der Waals surface area contributed by atoms with Crippen molar-refractivity contribution < 1.29 is 13.6 Å². The SMILES string of the molecule is CCCCCCC1(CCCCCC)CCC([Si]OC(=O)C(C)C[Si]OC(C)(C)C)CC1. The van der Waals surface area contributed by atoms with E-state index in [4.69, 9.17) is 8.85 Å². The quantitative estimate of drug-likeness (QED) is 0.171. The zero-order valence-corrected chi connectivity index (χ0v) is 23.5. The van der Waals surface area contributed by atoms with Crippen molar-refractivity contribution in [2.24, 2.45) is 11.3 Å². The molecule has 0 aliphatic heterocycles. The minimum absolute atomic E-state index is 0.0284. The highest BCUT2D eigenvalue weighted by Gasteiger charge is 2.35. The molecule has 5 heteroatoms. The van der Waals surface area contributed by atoms with E-state index in [2.05, 4.69) is 34.6 Å². The van der Waals surface area contributed by atoms with Crippen LogP contribution in [0.3, 0.4) is 0 Å². The van der Waals surface area contributed by atoms with Crippen molar-refractivity contribution >= 4 is 25.5 Å². The Hall–Kier alpha value is -0.136. The summed E-state index contributed by atoms with van der Waals surface area (Å²) in [5.74, 6) is -0.0905. The lowest BCUT2D eigenvalue weighted by molar-refractivity contribution is -0.138. The van der Waals surface area contributed by atoms with E-state index in [0.717, 1.165) is 6.04 Å². The Morgan fingerprint density at radius 3 is 2.00 bits per heavy atom. The van der Waals surface area contributed by atoms with Gasteiger partial charge in [0.1, 0.15) is 0 Å². The third kappa shape index (κ3) is 13.2. The van der Waals surface area contributed by atoms with Gasteiger partial charge in [-0.2, -0.15) is 0 Å². The van der Waals surface area contributed by atoms with E-state index in [-0.39, 0.29) is 17.5 Å². The van der Waals surface area contributed by atoms with Gasteiger partial charge in [0.25, 0.3) is 5.97 Å². The molecule has 0 heterocycles. The maximum Gasteiger partial charge on any atom is 0.318 e. The second kappa shape index (κ2) is 15.7. The molecule has 1 rings (SSSR count). The first-order valence-corrected chi connectivity index (χ1v) is 15.2. The minimum atomic E-state index is -0.133. The summed E-state index contributed by atoms with van der Waals surface area (Å²) in [5, 5.41) is 0. The molecule has 1 aliphatic carbocycles. The monoisotopic (exact) mass is 466 g/mol. The Balaban J connectivity index is 2.38. The van der Waals surface area contributed by atoms with Gasteiger partial charge in [0, 0.05) is 5.60 Å². The van der Waals surface area contributed by atoms with Crippen LogP contribution in [0.5, 0.6) is 0 Å². The van der Waals surface area contributed by atoms with Gasteiger partial charge in [0.15, 0.2) is 0 Å². The van der Waals surface area contributed by atoms with Gasteiger partial charge in [-0.05, 0) is 76.3 Å². The molecule has 0 spiro atoms. The molecule has 0 bridgehead atoms. The lowest BCUT2D eigenvalue weighted by Gasteiger charge is -2.40. The summed E-state index contributed by atoms with van der Waals surface area (Å²) in [6.07, 6.45) is 19.0. The van der Waals surface area contributed by atoms with E-state index in [9.17, 15) is 4.79 Å². The van der Waals surface area contributed by atoms with Crippen molar-refractivity contribution in [3.8, 4) is 0 Å². The van der Waals surface area contributed by atoms with Crippen LogP contribution in [-0.2, 0) is 13.6 Å². The normalized spacial score (nSPS) is 18.1. The van der Waals surface area contributed by atoms with E-state index in [0.29, 0.717) is 30.5 Å². The summed E-state index contributed by atoms with van der Waals surface area (Å²) in [7, 11) is 0.703. The lowest BCUT2D eigenvalue weighted by atomic mass is 9.68. The second-order valence-corrected chi connectivity index (χ2v) is 13.1. The van der Waals surface area contributed by atoms with Crippen molar-refractivity contribution in [1.29, 1.82) is 0 Å². The first kappa shape index (κ1) is 28.9. The molecule has 0 amide bonds. The van der Waals surface area contributed by atoms with Crippen LogP contribution >= 0.6 is 0 Å². The van der Waals surface area contributed by atoms with Crippen LogP contribution in [0.2, 0.25) is 11.6 Å². The van der Waals surface area contributed by atoms with Gasteiger partial charge in [-0.15, -0.1) is 0 Å². The molecular formula is C26H50O3Si2. The fourth-order valence-corrected chi connectivity index (χ4v) is 6.48. The summed E-state index contributed by atoms with van der Waals surface area (Å²) >= 11 is 0. The van der Waals surface area contributed by atoms with E-state index in [1.54, 1.807) is 0 Å². The molecule has 1 aliphatic rings. The molecule has 4 radical (unpaired) electrons. The summed E-state index contributed by atoms with van der Waals surface area (Å²) in [4.78, 5) is 12.4. The van der Waals surface area contributed by atoms with Crippen molar-refractivity contribution in [1.82, 2.24) is 0 Å². The van der Waals surface area contributed by atoms with Gasteiger partial charge in [-0.3, -0.25) is 4.79 Å². The van der Waals surface area contributed by atoms with Crippen LogP contribution in [0.25, 0.3) is 0 Å². The van der Waals surface area contributed by atoms with Crippen LogP contribution in [0.4, 0.5) is 0 Å². The topological polar surface area (TPSA) is 35.5 Å². The predicted octanol–water partition coefficient (Wildman–Crippen LogP) is 7.93. The van der Waals surface area contributed by atoms with Crippen molar-refractivity contribution in [2.45, 2.75) is 149 Å². The van der Waals surface area contributed by atoms with Crippen molar-refractivity contribution in [2.75, 3.05) is 0 Å². The molecule has 1 unspecified atom stereocenters. The van der Waals surface area contributed by atoms with Gasteiger partial charge in [-0.25, -0.2) is 0 Å². The maximum atomic E-state index is 12.4. The fraction of sp³-hybridized carbons (Fsp3) is 0.962. The molecule has 1 saturated carbocycles. The standard InChI is InChI=1S/C26H50O3Si2/c1-7-9-11-13-17-26(18-14-12-10-8-2)19-15-23(16-20-26)31-28-24(27)22(3)21-30-29-25(4,5)6/h22-23H,7-21H2,1-6H3. The predicted molar refractivity (Wildman–Crippen MR) is 135 cm³/mol. The molecule has 0 aromatic carbocycles. The first-order chi connectivity index (χ1) is 14.7. The van der Waals surface area contributed by atoms with Crippen LogP contribution in [0.1, 0.15) is 131 Å². The Bertz CT molecular complexity index is 454.